The topological polar surface area (TPSA) is 64.6 Å². The Kier molecular flexibility index (Phi) is 5.71. The average Bonchev–Trinajstić information content (AvgIpc) is 2.72. The van der Waals surface area contributed by atoms with E-state index >= 15 is 0 Å². The Bertz CT molecular complexity index is 950. The molecule has 0 bridgehead atoms. The summed E-state index contributed by atoms with van der Waals surface area (Å²) in [4.78, 5) is 23.9. The summed E-state index contributed by atoms with van der Waals surface area (Å²) in [5.74, 6) is 0.908. The largest absolute Gasteiger partial charge is 0.497 e. The van der Waals surface area contributed by atoms with Gasteiger partial charge in [-0.25, -0.2) is 0 Å². The minimum atomic E-state index is -0.733. The second kappa shape index (κ2) is 8.36. The molecule has 0 radical (unpaired) electrons. The average molecular weight is 363 g/mol. The van der Waals surface area contributed by atoms with Gasteiger partial charge in [0.05, 0.1) is 12.7 Å². The van der Waals surface area contributed by atoms with Crippen LogP contribution in [0.25, 0.3) is 10.8 Å². The molecule has 3 rings (SSSR count). The lowest BCUT2D eigenvalue weighted by Crippen LogP contribution is -2.36. The van der Waals surface area contributed by atoms with Crippen molar-refractivity contribution in [1.29, 1.82) is 0 Å². The molecule has 0 aliphatic heterocycles. The third-order valence-corrected chi connectivity index (χ3v) is 4.35. The summed E-state index contributed by atoms with van der Waals surface area (Å²) in [5.41, 5.74) is 1.40. The van der Waals surface area contributed by atoms with Crippen LogP contribution in [0.4, 0.5) is 0 Å². The number of benzene rings is 3. The molecule has 27 heavy (non-hydrogen) atoms. The molecular formula is C22H21NO4. The zero-order valence-corrected chi connectivity index (χ0v) is 15.3. The molecule has 0 aliphatic rings. The zero-order valence-electron chi connectivity index (χ0n) is 15.3. The molecule has 3 aromatic rings. The summed E-state index contributed by atoms with van der Waals surface area (Å²) in [5, 5.41) is 4.59. The van der Waals surface area contributed by atoms with Crippen LogP contribution in [-0.2, 0) is 11.3 Å². The number of amides is 1. The van der Waals surface area contributed by atoms with Crippen molar-refractivity contribution in [1.82, 2.24) is 5.32 Å². The van der Waals surface area contributed by atoms with Crippen LogP contribution in [0.1, 0.15) is 22.8 Å². The SMILES string of the molecule is COc1ccc(CNC(=O)[C@H](C)Oc2ccc3ccccc3c2C=O)cc1. The number of nitrogens with one attached hydrogen (secondary N) is 1. The predicted molar refractivity (Wildman–Crippen MR) is 104 cm³/mol. The second-order valence-corrected chi connectivity index (χ2v) is 6.14. The number of carbonyl (C=O) groups excluding carboxylic acids is 2. The molecule has 1 N–H and O–H groups in total. The van der Waals surface area contributed by atoms with Crippen LogP contribution in [0, 0.1) is 0 Å². The first kappa shape index (κ1) is 18.5. The van der Waals surface area contributed by atoms with E-state index in [4.69, 9.17) is 9.47 Å². The van der Waals surface area contributed by atoms with Crippen molar-refractivity contribution in [3.63, 3.8) is 0 Å². The normalized spacial score (nSPS) is 11.6. The molecule has 5 nitrogen and oxygen atoms in total. The molecule has 0 fully saturated rings. The van der Waals surface area contributed by atoms with Crippen molar-refractivity contribution in [2.45, 2.75) is 19.6 Å². The smallest absolute Gasteiger partial charge is 0.261 e. The monoisotopic (exact) mass is 363 g/mol. The van der Waals surface area contributed by atoms with Crippen LogP contribution in [0.3, 0.4) is 0 Å². The van der Waals surface area contributed by atoms with Gasteiger partial charge < -0.3 is 14.8 Å². The van der Waals surface area contributed by atoms with E-state index in [1.165, 1.54) is 0 Å². The minimum Gasteiger partial charge on any atom is -0.497 e. The number of hydrogen-bond donors (Lipinski definition) is 1. The molecule has 0 spiro atoms. The standard InChI is InChI=1S/C22H21NO4/c1-15(22(25)23-13-16-7-10-18(26-2)11-8-16)27-21-12-9-17-5-3-4-6-19(17)20(21)14-24/h3-12,14-15H,13H2,1-2H3,(H,23,25)/t15-/m0/s1. The Balaban J connectivity index is 1.67. The maximum Gasteiger partial charge on any atom is 0.261 e. The van der Waals surface area contributed by atoms with Gasteiger partial charge in [-0.3, -0.25) is 9.59 Å². The first-order valence-corrected chi connectivity index (χ1v) is 8.66. The lowest BCUT2D eigenvalue weighted by Gasteiger charge is -2.17. The number of methoxy groups -OCH3 is 1. The number of ether oxygens (including phenoxy) is 2. The number of carbonyl (C=O) groups is 2. The van der Waals surface area contributed by atoms with E-state index in [2.05, 4.69) is 5.32 Å². The Morgan fingerprint density at radius 2 is 1.81 bits per heavy atom. The van der Waals surface area contributed by atoms with E-state index in [0.29, 0.717) is 17.9 Å². The lowest BCUT2D eigenvalue weighted by molar-refractivity contribution is -0.127. The highest BCUT2D eigenvalue weighted by Gasteiger charge is 2.17. The Hall–Kier alpha value is -3.34. The lowest BCUT2D eigenvalue weighted by atomic mass is 10.0. The van der Waals surface area contributed by atoms with Gasteiger partial charge in [0.15, 0.2) is 12.4 Å². The summed E-state index contributed by atoms with van der Waals surface area (Å²) in [6.45, 7) is 2.04. The van der Waals surface area contributed by atoms with Gasteiger partial charge in [0, 0.05) is 6.54 Å². The van der Waals surface area contributed by atoms with Gasteiger partial charge in [0.25, 0.3) is 5.91 Å². The fraction of sp³-hybridized carbons (Fsp3) is 0.182. The van der Waals surface area contributed by atoms with Crippen LogP contribution in [0.15, 0.2) is 60.7 Å². The van der Waals surface area contributed by atoms with Gasteiger partial charge in [-0.1, -0.05) is 42.5 Å². The Morgan fingerprint density at radius 3 is 2.52 bits per heavy atom. The second-order valence-electron chi connectivity index (χ2n) is 6.14. The zero-order chi connectivity index (χ0) is 19.2. The number of fused-ring (bicyclic) bond motifs is 1. The number of rotatable bonds is 7. The van der Waals surface area contributed by atoms with Crippen molar-refractivity contribution in [2.75, 3.05) is 7.11 Å². The molecule has 0 saturated carbocycles. The highest BCUT2D eigenvalue weighted by atomic mass is 16.5. The van der Waals surface area contributed by atoms with Gasteiger partial charge in [-0.15, -0.1) is 0 Å². The summed E-state index contributed by atoms with van der Waals surface area (Å²) < 4.78 is 10.9. The molecule has 1 amide bonds. The molecule has 3 aromatic carbocycles. The Morgan fingerprint density at radius 1 is 1.07 bits per heavy atom. The fourth-order valence-corrected chi connectivity index (χ4v) is 2.82. The van der Waals surface area contributed by atoms with Crippen LogP contribution in [0.2, 0.25) is 0 Å². The van der Waals surface area contributed by atoms with E-state index in [-0.39, 0.29) is 5.91 Å². The first-order chi connectivity index (χ1) is 13.1. The fourth-order valence-electron chi connectivity index (χ4n) is 2.82. The summed E-state index contributed by atoms with van der Waals surface area (Å²) in [6.07, 6.45) is 0.0303. The van der Waals surface area contributed by atoms with E-state index in [0.717, 1.165) is 28.4 Å². The van der Waals surface area contributed by atoms with E-state index in [1.54, 1.807) is 20.1 Å². The third kappa shape index (κ3) is 4.26. The van der Waals surface area contributed by atoms with Gasteiger partial charge in [0.2, 0.25) is 0 Å². The van der Waals surface area contributed by atoms with Crippen LogP contribution in [0.5, 0.6) is 11.5 Å². The van der Waals surface area contributed by atoms with Crippen LogP contribution < -0.4 is 14.8 Å². The number of aldehydes is 1. The maximum absolute atomic E-state index is 12.4. The minimum absolute atomic E-state index is 0.254. The molecule has 0 heterocycles. The molecule has 5 heteroatoms. The highest BCUT2D eigenvalue weighted by Crippen LogP contribution is 2.27. The predicted octanol–water partition coefficient (Wildman–Crippen LogP) is 3.74. The maximum atomic E-state index is 12.4. The van der Waals surface area contributed by atoms with Gasteiger partial charge in [-0.2, -0.15) is 0 Å². The Labute approximate surface area is 157 Å². The van der Waals surface area contributed by atoms with E-state index in [1.807, 2.05) is 54.6 Å². The molecule has 0 aromatic heterocycles. The van der Waals surface area contributed by atoms with Gasteiger partial charge >= 0.3 is 0 Å². The highest BCUT2D eigenvalue weighted by molar-refractivity contribution is 6.00. The molecular weight excluding hydrogens is 342 g/mol. The van der Waals surface area contributed by atoms with E-state index < -0.39 is 6.10 Å². The molecule has 0 unspecified atom stereocenters. The quantitative estimate of drug-likeness (QED) is 0.650. The van der Waals surface area contributed by atoms with Gasteiger partial charge in [-0.05, 0) is 41.5 Å². The number of hydrogen-bond acceptors (Lipinski definition) is 4. The van der Waals surface area contributed by atoms with Crippen molar-refractivity contribution in [3.05, 3.63) is 71.8 Å². The molecule has 138 valence electrons. The molecule has 1 atom stereocenters. The molecule has 0 aliphatic carbocycles. The van der Waals surface area contributed by atoms with Crippen molar-refractivity contribution in [3.8, 4) is 11.5 Å². The van der Waals surface area contributed by atoms with Crippen LogP contribution in [-0.4, -0.2) is 25.4 Å². The van der Waals surface area contributed by atoms with Gasteiger partial charge in [0.1, 0.15) is 11.5 Å². The van der Waals surface area contributed by atoms with Crippen LogP contribution >= 0.6 is 0 Å². The molecule has 0 saturated heterocycles. The van der Waals surface area contributed by atoms with Crippen molar-refractivity contribution in [2.24, 2.45) is 0 Å². The van der Waals surface area contributed by atoms with Crippen molar-refractivity contribution >= 4 is 23.0 Å². The summed E-state index contributed by atoms with van der Waals surface area (Å²) in [6, 6.07) is 18.6. The third-order valence-electron chi connectivity index (χ3n) is 4.35. The summed E-state index contributed by atoms with van der Waals surface area (Å²) in [7, 11) is 1.61. The van der Waals surface area contributed by atoms with Crippen molar-refractivity contribution < 1.29 is 19.1 Å². The first-order valence-electron chi connectivity index (χ1n) is 8.66. The summed E-state index contributed by atoms with van der Waals surface area (Å²) >= 11 is 0. The van der Waals surface area contributed by atoms with E-state index in [9.17, 15) is 9.59 Å².